The van der Waals surface area contributed by atoms with E-state index < -0.39 is 49.7 Å². The van der Waals surface area contributed by atoms with Crippen molar-refractivity contribution in [1.29, 1.82) is 0 Å². The van der Waals surface area contributed by atoms with E-state index in [1.54, 1.807) is 0 Å². The summed E-state index contributed by atoms with van der Waals surface area (Å²) >= 11 is 6.80. The second-order valence-electron chi connectivity index (χ2n) is 10.7. The minimum atomic E-state index is -2.33. The summed E-state index contributed by atoms with van der Waals surface area (Å²) in [5.41, 5.74) is 1.01. The van der Waals surface area contributed by atoms with Gasteiger partial charge in [-0.05, 0) is 44.0 Å². The van der Waals surface area contributed by atoms with Gasteiger partial charge >= 0.3 is 6.09 Å². The molecule has 2 heterocycles. The highest BCUT2D eigenvalue weighted by molar-refractivity contribution is 6.74. The molecule has 1 aromatic rings. The molecule has 9 heteroatoms. The van der Waals surface area contributed by atoms with Crippen molar-refractivity contribution in [2.45, 2.75) is 88.6 Å². The number of benzene rings is 1. The van der Waals surface area contributed by atoms with Crippen molar-refractivity contribution in [3.8, 4) is 0 Å². The fraction of sp³-hybridized carbons (Fsp3) is 0.667. The van der Waals surface area contributed by atoms with Crippen LogP contribution in [0.25, 0.3) is 0 Å². The highest BCUT2D eigenvalue weighted by Crippen LogP contribution is 2.40. The Kier molecular flexibility index (Phi) is 7.66. The van der Waals surface area contributed by atoms with E-state index >= 15 is 0 Å². The lowest BCUT2D eigenvalue weighted by Crippen LogP contribution is -2.56. The minimum absolute atomic E-state index is 0.109. The van der Waals surface area contributed by atoms with Gasteiger partial charge < -0.3 is 18.6 Å². The van der Waals surface area contributed by atoms with Gasteiger partial charge in [0.25, 0.3) is 5.91 Å². The number of alkyl halides is 1. The Morgan fingerprint density at radius 2 is 1.88 bits per heavy atom. The topological polar surface area (TPSA) is 74.3 Å². The van der Waals surface area contributed by atoms with Crippen LogP contribution < -0.4 is 0 Å². The molecule has 2 aliphatic rings. The van der Waals surface area contributed by atoms with E-state index in [0.29, 0.717) is 6.42 Å². The Bertz CT molecular complexity index is 856. The molecule has 0 radical (unpaired) electrons. The first-order chi connectivity index (χ1) is 15.2. The molecule has 4 atom stereocenters. The molecular formula is C24H36ClNO6Si. The van der Waals surface area contributed by atoms with Gasteiger partial charge in [-0.3, -0.25) is 4.79 Å². The van der Waals surface area contributed by atoms with Crippen molar-refractivity contribution in [1.82, 2.24) is 4.90 Å². The normalized spacial score (nSPS) is 25.1. The number of carbonyl (C=O) groups excluding carboxylic acids is 2. The standard InChI is InChI=1S/C24H36ClNO6Si/c1-23(2,3)33(6,7)32-20(18-15-30-24(4,5)31-18)19(25)21(27)26-17(14-29-22(26)28)13-16-11-9-8-10-12-16/h8-12,17-20H,13-15H2,1-7H3/t17-,18+,19?,20?/m0/s1. The lowest BCUT2D eigenvalue weighted by Gasteiger charge is -2.42. The first-order valence-electron chi connectivity index (χ1n) is 11.4. The van der Waals surface area contributed by atoms with Gasteiger partial charge in [-0.25, -0.2) is 9.69 Å². The number of cyclic esters (lactones) is 1. The highest BCUT2D eigenvalue weighted by Gasteiger charge is 2.51. The lowest BCUT2D eigenvalue weighted by atomic mass is 10.0. The van der Waals surface area contributed by atoms with Crippen LogP contribution in [0.4, 0.5) is 4.79 Å². The van der Waals surface area contributed by atoms with E-state index in [1.165, 1.54) is 0 Å². The summed E-state index contributed by atoms with van der Waals surface area (Å²) < 4.78 is 23.7. The van der Waals surface area contributed by atoms with Crippen molar-refractivity contribution < 1.29 is 28.2 Å². The quantitative estimate of drug-likeness (QED) is 0.400. The van der Waals surface area contributed by atoms with Gasteiger partial charge in [0.05, 0.1) is 18.8 Å². The van der Waals surface area contributed by atoms with Crippen molar-refractivity contribution >= 4 is 31.9 Å². The van der Waals surface area contributed by atoms with Crippen LogP contribution in [0, 0.1) is 0 Å². The Morgan fingerprint density at radius 3 is 2.42 bits per heavy atom. The molecule has 0 saturated carbocycles. The molecule has 184 valence electrons. The van der Waals surface area contributed by atoms with Gasteiger partial charge in [0.1, 0.15) is 18.1 Å². The van der Waals surface area contributed by atoms with Crippen molar-refractivity contribution in [3.05, 3.63) is 35.9 Å². The van der Waals surface area contributed by atoms with Crippen LogP contribution >= 0.6 is 11.6 Å². The maximum Gasteiger partial charge on any atom is 0.417 e. The molecule has 0 aromatic heterocycles. The van der Waals surface area contributed by atoms with Gasteiger partial charge in [0.15, 0.2) is 14.1 Å². The van der Waals surface area contributed by atoms with E-state index in [4.69, 9.17) is 30.2 Å². The van der Waals surface area contributed by atoms with Crippen LogP contribution in [-0.2, 0) is 29.9 Å². The van der Waals surface area contributed by atoms with E-state index in [0.717, 1.165) is 10.5 Å². The van der Waals surface area contributed by atoms with Gasteiger partial charge in [-0.15, -0.1) is 11.6 Å². The fourth-order valence-corrected chi connectivity index (χ4v) is 5.49. The molecular weight excluding hydrogens is 462 g/mol. The van der Waals surface area contributed by atoms with Crippen molar-refractivity contribution in [2.24, 2.45) is 0 Å². The summed E-state index contributed by atoms with van der Waals surface area (Å²) in [7, 11) is -2.33. The van der Waals surface area contributed by atoms with Crippen LogP contribution in [-0.4, -0.2) is 67.8 Å². The predicted molar refractivity (Wildman–Crippen MR) is 129 cm³/mol. The summed E-state index contributed by atoms with van der Waals surface area (Å²) in [6.45, 7) is 14.5. The second-order valence-corrected chi connectivity index (χ2v) is 16.0. The predicted octanol–water partition coefficient (Wildman–Crippen LogP) is 4.73. The number of ether oxygens (including phenoxy) is 3. The number of carbonyl (C=O) groups is 2. The largest absolute Gasteiger partial charge is 0.447 e. The minimum Gasteiger partial charge on any atom is -0.447 e. The molecule has 33 heavy (non-hydrogen) atoms. The SMILES string of the molecule is CC1(C)OC[C@H](C(O[Si](C)(C)C(C)(C)C)C(Cl)C(=O)N2C(=O)OC[C@@H]2Cc2ccccc2)O1. The monoisotopic (exact) mass is 497 g/mol. The number of halogens is 1. The molecule has 3 rings (SSSR count). The zero-order valence-electron chi connectivity index (χ0n) is 20.6. The number of imide groups is 1. The van der Waals surface area contributed by atoms with Gasteiger partial charge in [-0.1, -0.05) is 51.1 Å². The lowest BCUT2D eigenvalue weighted by molar-refractivity contribution is -0.153. The molecule has 2 fully saturated rings. The summed E-state index contributed by atoms with van der Waals surface area (Å²) in [5, 5.41) is -1.24. The Balaban J connectivity index is 1.85. The summed E-state index contributed by atoms with van der Waals surface area (Å²) in [4.78, 5) is 27.3. The number of rotatable bonds is 7. The van der Waals surface area contributed by atoms with Gasteiger partial charge in [0.2, 0.25) is 0 Å². The molecule has 2 aliphatic heterocycles. The van der Waals surface area contributed by atoms with Crippen LogP contribution in [0.2, 0.25) is 18.1 Å². The molecule has 2 unspecified atom stereocenters. The smallest absolute Gasteiger partial charge is 0.417 e. The molecule has 0 spiro atoms. The fourth-order valence-electron chi connectivity index (χ4n) is 3.76. The van der Waals surface area contributed by atoms with Crippen LogP contribution in [0.15, 0.2) is 30.3 Å². The van der Waals surface area contributed by atoms with E-state index in [9.17, 15) is 9.59 Å². The third-order valence-electron chi connectivity index (χ3n) is 6.67. The Hall–Kier alpha value is -1.45. The molecule has 2 saturated heterocycles. The molecule has 2 amide bonds. The number of nitrogens with zero attached hydrogens (tertiary/aromatic N) is 1. The molecule has 7 nitrogen and oxygen atoms in total. The number of amides is 2. The maximum absolute atomic E-state index is 13.6. The zero-order valence-corrected chi connectivity index (χ0v) is 22.3. The average molecular weight is 498 g/mol. The van der Waals surface area contributed by atoms with Crippen LogP contribution in [0.3, 0.4) is 0 Å². The Labute approximate surface area is 202 Å². The molecule has 0 N–H and O–H groups in total. The molecule has 0 aliphatic carbocycles. The summed E-state index contributed by atoms with van der Waals surface area (Å²) in [5.74, 6) is -1.33. The van der Waals surface area contributed by atoms with E-state index in [1.807, 2.05) is 44.2 Å². The first kappa shape index (κ1) is 26.2. The van der Waals surface area contributed by atoms with Crippen molar-refractivity contribution in [3.63, 3.8) is 0 Å². The third kappa shape index (κ3) is 5.97. The number of hydrogen-bond acceptors (Lipinski definition) is 6. The molecule has 1 aromatic carbocycles. The first-order valence-corrected chi connectivity index (χ1v) is 14.7. The Morgan fingerprint density at radius 1 is 1.24 bits per heavy atom. The highest BCUT2D eigenvalue weighted by atomic mass is 35.5. The number of hydrogen-bond donors (Lipinski definition) is 0. The average Bonchev–Trinajstić information content (AvgIpc) is 3.26. The van der Waals surface area contributed by atoms with Crippen molar-refractivity contribution in [2.75, 3.05) is 13.2 Å². The third-order valence-corrected chi connectivity index (χ3v) is 11.6. The van der Waals surface area contributed by atoms with E-state index in [2.05, 4.69) is 33.9 Å². The second kappa shape index (κ2) is 9.66. The van der Waals surface area contributed by atoms with Crippen LogP contribution in [0.1, 0.15) is 40.2 Å². The summed E-state index contributed by atoms with van der Waals surface area (Å²) in [6.07, 6.45) is -1.49. The zero-order chi connectivity index (χ0) is 24.6. The van der Waals surface area contributed by atoms with Crippen LogP contribution in [0.5, 0.6) is 0 Å². The summed E-state index contributed by atoms with van der Waals surface area (Å²) in [6, 6.07) is 9.25. The van der Waals surface area contributed by atoms with E-state index in [-0.39, 0.29) is 18.3 Å². The van der Waals surface area contributed by atoms with Gasteiger partial charge in [0, 0.05) is 0 Å². The molecule has 0 bridgehead atoms. The maximum atomic E-state index is 13.6. The van der Waals surface area contributed by atoms with Gasteiger partial charge in [-0.2, -0.15) is 0 Å².